The number of anilines is 1. The third kappa shape index (κ3) is 4.42. The Morgan fingerprint density at radius 1 is 1.21 bits per heavy atom. The minimum atomic E-state index is -0.0868. The van der Waals surface area contributed by atoms with Crippen molar-refractivity contribution in [3.63, 3.8) is 0 Å². The van der Waals surface area contributed by atoms with Crippen molar-refractivity contribution in [2.75, 3.05) is 11.4 Å². The van der Waals surface area contributed by atoms with Crippen LogP contribution in [-0.2, 0) is 29.1 Å². The number of benzene rings is 1. The summed E-state index contributed by atoms with van der Waals surface area (Å²) in [6.07, 6.45) is 4.84. The van der Waals surface area contributed by atoms with E-state index in [1.807, 2.05) is 29.6 Å². The van der Waals surface area contributed by atoms with Crippen molar-refractivity contribution in [1.82, 2.24) is 25.1 Å². The van der Waals surface area contributed by atoms with Gasteiger partial charge in [0.25, 0.3) is 0 Å². The molecule has 0 spiro atoms. The molecule has 3 aromatic rings. The Balaban J connectivity index is 1.26. The number of nitrogens with zero attached hydrogens (tertiary/aromatic N) is 5. The second kappa shape index (κ2) is 8.30. The van der Waals surface area contributed by atoms with Crippen LogP contribution in [0.25, 0.3) is 0 Å². The van der Waals surface area contributed by atoms with E-state index in [-0.39, 0.29) is 18.2 Å². The quantitative estimate of drug-likeness (QED) is 0.657. The van der Waals surface area contributed by atoms with Crippen LogP contribution in [0, 0.1) is 0 Å². The van der Waals surface area contributed by atoms with Crippen LogP contribution in [0.1, 0.15) is 29.7 Å². The van der Waals surface area contributed by atoms with Crippen LogP contribution in [-0.4, -0.2) is 38.1 Å². The number of aromatic nitrogens is 4. The molecule has 0 bridgehead atoms. The fourth-order valence-corrected chi connectivity index (χ4v) is 3.91. The minimum Gasteiger partial charge on any atom is -0.352 e. The standard InChI is InChI=1S/C19H20N6O2S/c26-17(8-16-11-28-19(23-16)25-7-1-2-18(25)27)21-9-14-3-5-15(6-4-14)10-24-13-20-12-22-24/h3-6,11-13H,1-2,7-10H2,(H,21,26). The zero-order chi connectivity index (χ0) is 19.3. The molecule has 3 heterocycles. The summed E-state index contributed by atoms with van der Waals surface area (Å²) >= 11 is 1.41. The summed E-state index contributed by atoms with van der Waals surface area (Å²) in [6.45, 7) is 1.84. The molecule has 2 amide bonds. The first-order chi connectivity index (χ1) is 13.7. The highest BCUT2D eigenvalue weighted by Crippen LogP contribution is 2.25. The van der Waals surface area contributed by atoms with Crippen molar-refractivity contribution in [2.45, 2.75) is 32.4 Å². The lowest BCUT2D eigenvalue weighted by Gasteiger charge is -2.10. The predicted octanol–water partition coefficient (Wildman–Crippen LogP) is 1.77. The van der Waals surface area contributed by atoms with Crippen LogP contribution in [0.3, 0.4) is 0 Å². The smallest absolute Gasteiger partial charge is 0.228 e. The molecule has 1 aliphatic heterocycles. The Bertz CT molecular complexity index is 951. The van der Waals surface area contributed by atoms with Crippen LogP contribution in [0.4, 0.5) is 5.13 Å². The highest BCUT2D eigenvalue weighted by molar-refractivity contribution is 7.14. The zero-order valence-corrected chi connectivity index (χ0v) is 16.1. The molecule has 0 radical (unpaired) electrons. The van der Waals surface area contributed by atoms with Crippen molar-refractivity contribution >= 4 is 28.3 Å². The Kier molecular flexibility index (Phi) is 5.43. The van der Waals surface area contributed by atoms with Gasteiger partial charge < -0.3 is 5.32 Å². The number of carbonyl (C=O) groups is 2. The summed E-state index contributed by atoms with van der Waals surface area (Å²) < 4.78 is 1.76. The van der Waals surface area contributed by atoms with E-state index in [2.05, 4.69) is 20.4 Å². The van der Waals surface area contributed by atoms with Gasteiger partial charge in [0.2, 0.25) is 11.8 Å². The fraction of sp³-hybridized carbons (Fsp3) is 0.316. The van der Waals surface area contributed by atoms with Crippen molar-refractivity contribution < 1.29 is 9.59 Å². The van der Waals surface area contributed by atoms with Gasteiger partial charge in [-0.3, -0.25) is 14.5 Å². The van der Waals surface area contributed by atoms with Crippen molar-refractivity contribution in [3.8, 4) is 0 Å². The van der Waals surface area contributed by atoms with Crippen LogP contribution >= 0.6 is 11.3 Å². The number of thiazole rings is 1. The van der Waals surface area contributed by atoms with E-state index in [0.29, 0.717) is 36.9 Å². The van der Waals surface area contributed by atoms with E-state index < -0.39 is 0 Å². The van der Waals surface area contributed by atoms with Crippen LogP contribution in [0.15, 0.2) is 42.3 Å². The summed E-state index contributed by atoms with van der Waals surface area (Å²) in [5.41, 5.74) is 2.84. The molecule has 1 N–H and O–H groups in total. The molecular formula is C19H20N6O2S. The summed E-state index contributed by atoms with van der Waals surface area (Å²) in [6, 6.07) is 8.02. The topological polar surface area (TPSA) is 93.0 Å². The molecule has 1 saturated heterocycles. The van der Waals surface area contributed by atoms with Gasteiger partial charge in [0.1, 0.15) is 12.7 Å². The van der Waals surface area contributed by atoms with Crippen molar-refractivity contribution in [3.05, 3.63) is 59.1 Å². The number of rotatable bonds is 7. The largest absolute Gasteiger partial charge is 0.352 e. The first-order valence-electron chi connectivity index (χ1n) is 9.09. The van der Waals surface area contributed by atoms with Gasteiger partial charge in [0, 0.05) is 24.9 Å². The number of nitrogens with one attached hydrogen (secondary N) is 1. The Morgan fingerprint density at radius 3 is 2.75 bits per heavy atom. The van der Waals surface area contributed by atoms with Crippen LogP contribution in [0.5, 0.6) is 0 Å². The van der Waals surface area contributed by atoms with Crippen LogP contribution in [0.2, 0.25) is 0 Å². The summed E-state index contributed by atoms with van der Waals surface area (Å²) in [5.74, 6) is 0.0221. The first-order valence-corrected chi connectivity index (χ1v) is 9.97. The number of hydrogen-bond donors (Lipinski definition) is 1. The maximum atomic E-state index is 12.2. The van der Waals surface area contributed by atoms with Gasteiger partial charge in [-0.25, -0.2) is 14.6 Å². The number of carbonyl (C=O) groups excluding carboxylic acids is 2. The zero-order valence-electron chi connectivity index (χ0n) is 15.2. The van der Waals surface area contributed by atoms with E-state index in [4.69, 9.17) is 0 Å². The average Bonchev–Trinajstić information content (AvgIpc) is 3.44. The molecule has 1 fully saturated rings. The second-order valence-corrected chi connectivity index (χ2v) is 7.47. The highest BCUT2D eigenvalue weighted by atomic mass is 32.1. The molecule has 0 unspecified atom stereocenters. The molecule has 0 saturated carbocycles. The lowest BCUT2D eigenvalue weighted by atomic mass is 10.1. The third-order valence-corrected chi connectivity index (χ3v) is 5.42. The highest BCUT2D eigenvalue weighted by Gasteiger charge is 2.24. The summed E-state index contributed by atoms with van der Waals surface area (Å²) in [5, 5.41) is 9.54. The second-order valence-electron chi connectivity index (χ2n) is 6.63. The third-order valence-electron chi connectivity index (χ3n) is 4.51. The average molecular weight is 396 g/mol. The maximum Gasteiger partial charge on any atom is 0.228 e. The molecule has 0 aliphatic carbocycles. The lowest BCUT2D eigenvalue weighted by molar-refractivity contribution is -0.120. The SMILES string of the molecule is O=C(Cc1csc(N2CCCC2=O)n1)NCc1ccc(Cn2cncn2)cc1. The van der Waals surface area contributed by atoms with Crippen LogP contribution < -0.4 is 10.2 Å². The van der Waals surface area contributed by atoms with Crippen molar-refractivity contribution in [2.24, 2.45) is 0 Å². The minimum absolute atomic E-state index is 0.0868. The van der Waals surface area contributed by atoms with E-state index in [1.165, 1.54) is 17.7 Å². The number of amides is 2. The molecule has 4 rings (SSSR count). The van der Waals surface area contributed by atoms with Gasteiger partial charge in [0.15, 0.2) is 5.13 Å². The lowest BCUT2D eigenvalue weighted by Crippen LogP contribution is -2.25. The van der Waals surface area contributed by atoms with Gasteiger partial charge in [0.05, 0.1) is 18.7 Å². The molecule has 9 heteroatoms. The summed E-state index contributed by atoms with van der Waals surface area (Å²) in [7, 11) is 0. The van der Waals surface area contributed by atoms with Crippen molar-refractivity contribution in [1.29, 1.82) is 0 Å². The molecule has 28 heavy (non-hydrogen) atoms. The Hall–Kier alpha value is -3.07. The molecule has 1 aliphatic rings. The summed E-state index contributed by atoms with van der Waals surface area (Å²) in [4.78, 5) is 34.1. The molecule has 144 valence electrons. The molecule has 8 nitrogen and oxygen atoms in total. The molecule has 1 aromatic carbocycles. The van der Waals surface area contributed by atoms with Gasteiger partial charge >= 0.3 is 0 Å². The first kappa shape index (κ1) is 18.3. The van der Waals surface area contributed by atoms with E-state index >= 15 is 0 Å². The fourth-order valence-electron chi connectivity index (χ4n) is 3.04. The van der Waals surface area contributed by atoms with E-state index in [0.717, 1.165) is 17.5 Å². The normalized spacial score (nSPS) is 13.9. The van der Waals surface area contributed by atoms with Gasteiger partial charge in [-0.2, -0.15) is 5.10 Å². The van der Waals surface area contributed by atoms with Gasteiger partial charge in [-0.05, 0) is 17.5 Å². The van der Waals surface area contributed by atoms with E-state index in [9.17, 15) is 9.59 Å². The molecule has 0 atom stereocenters. The van der Waals surface area contributed by atoms with Gasteiger partial charge in [-0.15, -0.1) is 11.3 Å². The molecule has 2 aromatic heterocycles. The Labute approximate surface area is 166 Å². The molecular weight excluding hydrogens is 376 g/mol. The van der Waals surface area contributed by atoms with E-state index in [1.54, 1.807) is 15.9 Å². The van der Waals surface area contributed by atoms with Gasteiger partial charge in [-0.1, -0.05) is 24.3 Å². The Morgan fingerprint density at radius 2 is 2.04 bits per heavy atom. The predicted molar refractivity (Wildman–Crippen MR) is 105 cm³/mol. The monoisotopic (exact) mass is 396 g/mol. The number of hydrogen-bond acceptors (Lipinski definition) is 6. The maximum absolute atomic E-state index is 12.2.